The summed E-state index contributed by atoms with van der Waals surface area (Å²) in [5, 5.41) is 0. The largest absolute Gasteiger partial charge is 0.330 e. The third-order valence-corrected chi connectivity index (χ3v) is 3.10. The van der Waals surface area contributed by atoms with Gasteiger partial charge in [0.25, 0.3) is 0 Å². The fourth-order valence-electron chi connectivity index (χ4n) is 1.94. The van der Waals surface area contributed by atoms with E-state index in [1.807, 2.05) is 0 Å². The Hall–Kier alpha value is -0.820. The van der Waals surface area contributed by atoms with E-state index in [4.69, 9.17) is 5.73 Å². The summed E-state index contributed by atoms with van der Waals surface area (Å²) in [6.07, 6.45) is 1.12. The molecule has 1 unspecified atom stereocenters. The van der Waals surface area contributed by atoms with Crippen molar-refractivity contribution in [2.75, 3.05) is 6.54 Å². The van der Waals surface area contributed by atoms with E-state index < -0.39 is 0 Å². The summed E-state index contributed by atoms with van der Waals surface area (Å²) in [5.74, 6) is 0.522. The molecule has 0 amide bonds. The van der Waals surface area contributed by atoms with Gasteiger partial charge in [0.15, 0.2) is 0 Å². The fourth-order valence-corrected chi connectivity index (χ4v) is 1.94. The highest BCUT2D eigenvalue weighted by molar-refractivity contribution is 5.38. The minimum atomic E-state index is 0.522. The van der Waals surface area contributed by atoms with Crippen LogP contribution in [0.1, 0.15) is 41.5 Å². The summed E-state index contributed by atoms with van der Waals surface area (Å²) in [6.45, 7) is 9.46. The first-order valence-corrected chi connectivity index (χ1v) is 5.38. The Morgan fingerprint density at radius 3 is 2.14 bits per heavy atom. The summed E-state index contributed by atoms with van der Waals surface area (Å²) in [6, 6.07) is 4.56. The molecule has 0 bridgehead atoms. The Morgan fingerprint density at radius 1 is 1.07 bits per heavy atom. The molecule has 1 aromatic rings. The third kappa shape index (κ3) is 2.16. The monoisotopic (exact) mass is 191 g/mol. The van der Waals surface area contributed by atoms with Gasteiger partial charge in [0.2, 0.25) is 0 Å². The van der Waals surface area contributed by atoms with Crippen LogP contribution in [0, 0.1) is 20.8 Å². The first-order valence-electron chi connectivity index (χ1n) is 5.38. The Morgan fingerprint density at radius 2 is 1.64 bits per heavy atom. The molecule has 0 saturated carbocycles. The molecule has 0 fully saturated rings. The van der Waals surface area contributed by atoms with Crippen LogP contribution in [-0.2, 0) is 0 Å². The number of nitrogens with two attached hydrogens (primary N) is 1. The number of hydrogen-bond acceptors (Lipinski definition) is 1. The predicted molar refractivity (Wildman–Crippen MR) is 62.7 cm³/mol. The van der Waals surface area contributed by atoms with E-state index >= 15 is 0 Å². The van der Waals surface area contributed by atoms with Crippen molar-refractivity contribution >= 4 is 0 Å². The van der Waals surface area contributed by atoms with Gasteiger partial charge in [-0.1, -0.05) is 19.1 Å². The highest BCUT2D eigenvalue weighted by Crippen LogP contribution is 2.24. The molecule has 0 saturated heterocycles. The molecule has 0 spiro atoms. The van der Waals surface area contributed by atoms with Gasteiger partial charge in [-0.15, -0.1) is 0 Å². The number of hydrogen-bond donors (Lipinski definition) is 1. The second-order valence-electron chi connectivity index (χ2n) is 4.13. The highest BCUT2D eigenvalue weighted by atomic mass is 14.5. The van der Waals surface area contributed by atoms with Gasteiger partial charge in [0.05, 0.1) is 0 Å². The first-order chi connectivity index (χ1) is 6.60. The van der Waals surface area contributed by atoms with Crippen molar-refractivity contribution in [2.24, 2.45) is 5.73 Å². The van der Waals surface area contributed by atoms with Crippen LogP contribution in [0.15, 0.2) is 12.1 Å². The van der Waals surface area contributed by atoms with Crippen LogP contribution in [-0.4, -0.2) is 6.54 Å². The van der Waals surface area contributed by atoms with Crippen molar-refractivity contribution in [1.82, 2.24) is 0 Å². The molecule has 0 aliphatic carbocycles. The van der Waals surface area contributed by atoms with Crippen molar-refractivity contribution in [1.29, 1.82) is 0 Å². The van der Waals surface area contributed by atoms with Crippen LogP contribution in [0.4, 0.5) is 0 Å². The predicted octanol–water partition coefficient (Wildman–Crippen LogP) is 3.06. The van der Waals surface area contributed by atoms with Crippen molar-refractivity contribution in [2.45, 2.75) is 40.0 Å². The Balaban J connectivity index is 3.14. The molecule has 0 heterocycles. The topological polar surface area (TPSA) is 26.0 Å². The van der Waals surface area contributed by atoms with Crippen LogP contribution in [0.3, 0.4) is 0 Å². The lowest BCUT2D eigenvalue weighted by Crippen LogP contribution is -2.13. The summed E-state index contributed by atoms with van der Waals surface area (Å²) in [5.41, 5.74) is 11.3. The summed E-state index contributed by atoms with van der Waals surface area (Å²) in [4.78, 5) is 0. The molecule has 0 aromatic heterocycles. The van der Waals surface area contributed by atoms with E-state index in [2.05, 4.69) is 39.8 Å². The maximum absolute atomic E-state index is 5.77. The maximum Gasteiger partial charge on any atom is -0.000824 e. The minimum absolute atomic E-state index is 0.522. The number of rotatable bonds is 3. The highest BCUT2D eigenvalue weighted by Gasteiger charge is 2.10. The van der Waals surface area contributed by atoms with Crippen LogP contribution >= 0.6 is 0 Å². The van der Waals surface area contributed by atoms with Crippen molar-refractivity contribution in [3.05, 3.63) is 34.4 Å². The molecule has 1 heteroatoms. The molecular weight excluding hydrogens is 170 g/mol. The smallest absolute Gasteiger partial charge is 0.000824 e. The maximum atomic E-state index is 5.77. The molecule has 2 N–H and O–H groups in total. The van der Waals surface area contributed by atoms with Crippen LogP contribution < -0.4 is 5.73 Å². The van der Waals surface area contributed by atoms with Crippen LogP contribution in [0.2, 0.25) is 0 Å². The second kappa shape index (κ2) is 4.61. The molecule has 0 radical (unpaired) electrons. The van der Waals surface area contributed by atoms with Crippen LogP contribution in [0.5, 0.6) is 0 Å². The Kier molecular flexibility index (Phi) is 3.70. The molecule has 1 atom stereocenters. The van der Waals surface area contributed by atoms with E-state index in [9.17, 15) is 0 Å². The fraction of sp³-hybridized carbons (Fsp3) is 0.538. The summed E-state index contributed by atoms with van der Waals surface area (Å²) < 4.78 is 0. The lowest BCUT2D eigenvalue weighted by molar-refractivity contribution is 0.669. The lowest BCUT2D eigenvalue weighted by Gasteiger charge is -2.17. The average Bonchev–Trinajstić information content (AvgIpc) is 2.15. The Labute approximate surface area is 87.3 Å². The van der Waals surface area contributed by atoms with Crippen molar-refractivity contribution < 1.29 is 0 Å². The molecule has 1 aromatic carbocycles. The molecule has 0 aliphatic rings. The van der Waals surface area contributed by atoms with E-state index in [0.717, 1.165) is 13.0 Å². The molecule has 0 aliphatic heterocycles. The van der Waals surface area contributed by atoms with E-state index in [1.165, 1.54) is 22.3 Å². The summed E-state index contributed by atoms with van der Waals surface area (Å²) in [7, 11) is 0. The van der Waals surface area contributed by atoms with Gasteiger partial charge < -0.3 is 5.73 Å². The van der Waals surface area contributed by atoms with Gasteiger partial charge >= 0.3 is 0 Å². The van der Waals surface area contributed by atoms with Gasteiger partial charge in [0.1, 0.15) is 0 Å². The van der Waals surface area contributed by atoms with E-state index in [-0.39, 0.29) is 0 Å². The molecule has 1 nitrogen and oxygen atoms in total. The van der Waals surface area contributed by atoms with E-state index in [0.29, 0.717) is 5.92 Å². The summed E-state index contributed by atoms with van der Waals surface area (Å²) >= 11 is 0. The molecule has 14 heavy (non-hydrogen) atoms. The van der Waals surface area contributed by atoms with Crippen molar-refractivity contribution in [3.63, 3.8) is 0 Å². The minimum Gasteiger partial charge on any atom is -0.330 e. The number of benzene rings is 1. The van der Waals surface area contributed by atoms with Gasteiger partial charge in [0, 0.05) is 0 Å². The molecule has 78 valence electrons. The van der Waals surface area contributed by atoms with Crippen molar-refractivity contribution in [3.8, 4) is 0 Å². The lowest BCUT2D eigenvalue weighted by atomic mass is 9.90. The molecular formula is C13H21N. The zero-order chi connectivity index (χ0) is 10.7. The Bertz CT molecular complexity index is 311. The quantitative estimate of drug-likeness (QED) is 0.780. The normalized spacial score (nSPS) is 12.9. The number of aryl methyl sites for hydroxylation is 3. The average molecular weight is 191 g/mol. The van der Waals surface area contributed by atoms with Gasteiger partial charge in [-0.2, -0.15) is 0 Å². The van der Waals surface area contributed by atoms with Gasteiger partial charge in [-0.05, 0) is 61.9 Å². The standard InChI is InChI=1S/C13H21N/c1-5-12(8-14)13-7-10(3)9(2)6-11(13)4/h6-7,12H,5,8,14H2,1-4H3. The molecule has 1 rings (SSSR count). The SMILES string of the molecule is CCC(CN)c1cc(C)c(C)cc1C. The van der Waals surface area contributed by atoms with Gasteiger partial charge in [-0.25, -0.2) is 0 Å². The first kappa shape index (κ1) is 11.3. The zero-order valence-electron chi connectivity index (χ0n) is 9.72. The van der Waals surface area contributed by atoms with Gasteiger partial charge in [-0.3, -0.25) is 0 Å². The third-order valence-electron chi connectivity index (χ3n) is 3.10. The van der Waals surface area contributed by atoms with E-state index in [1.54, 1.807) is 0 Å². The zero-order valence-corrected chi connectivity index (χ0v) is 9.72. The second-order valence-corrected chi connectivity index (χ2v) is 4.13. The van der Waals surface area contributed by atoms with Crippen LogP contribution in [0.25, 0.3) is 0 Å².